The van der Waals surface area contributed by atoms with E-state index < -0.39 is 24.1 Å². The van der Waals surface area contributed by atoms with E-state index in [0.717, 1.165) is 21.2 Å². The van der Waals surface area contributed by atoms with Crippen LogP contribution in [0.25, 0.3) is 10.1 Å². The molecule has 0 saturated heterocycles. The van der Waals surface area contributed by atoms with Crippen molar-refractivity contribution in [3.05, 3.63) is 69.8 Å². The molecule has 1 amide bonds. The van der Waals surface area contributed by atoms with Gasteiger partial charge in [0.1, 0.15) is 5.82 Å². The minimum absolute atomic E-state index is 0.216. The second-order valence-corrected chi connectivity index (χ2v) is 7.85. The molecule has 1 heterocycles. The van der Waals surface area contributed by atoms with Crippen molar-refractivity contribution >= 4 is 50.7 Å². The fraction of sp³-hybridized carbons (Fsp3) is 0.190. The maximum absolute atomic E-state index is 13.1. The lowest BCUT2D eigenvalue weighted by atomic mass is 10.1. The van der Waals surface area contributed by atoms with E-state index in [1.165, 1.54) is 28.4 Å². The van der Waals surface area contributed by atoms with E-state index in [4.69, 9.17) is 16.7 Å². The van der Waals surface area contributed by atoms with Gasteiger partial charge in [-0.05, 0) is 58.6 Å². The van der Waals surface area contributed by atoms with Gasteiger partial charge in [-0.2, -0.15) is 0 Å². The molecule has 0 spiro atoms. The quantitative estimate of drug-likeness (QED) is 0.424. The number of ketones is 1. The molecule has 0 atom stereocenters. The average molecular weight is 434 g/mol. The van der Waals surface area contributed by atoms with Gasteiger partial charge in [0.05, 0.1) is 6.42 Å². The summed E-state index contributed by atoms with van der Waals surface area (Å²) >= 11 is 7.60. The van der Waals surface area contributed by atoms with E-state index in [-0.39, 0.29) is 18.9 Å². The summed E-state index contributed by atoms with van der Waals surface area (Å²) in [5.74, 6) is -3.71. The smallest absolute Gasteiger partial charge is 0.372 e. The molecule has 0 aliphatic carbocycles. The molecule has 3 rings (SSSR count). The predicted octanol–water partition coefficient (Wildman–Crippen LogP) is 4.31. The van der Waals surface area contributed by atoms with E-state index in [1.807, 2.05) is 17.5 Å². The minimum atomic E-state index is -1.63. The predicted molar refractivity (Wildman–Crippen MR) is 110 cm³/mol. The first-order valence-corrected chi connectivity index (χ1v) is 10.0. The van der Waals surface area contributed by atoms with Crippen molar-refractivity contribution in [3.8, 4) is 0 Å². The van der Waals surface area contributed by atoms with Crippen LogP contribution in [0.4, 0.5) is 4.39 Å². The summed E-state index contributed by atoms with van der Waals surface area (Å²) in [7, 11) is 0. The number of carboxylic acids is 1. The van der Waals surface area contributed by atoms with Gasteiger partial charge in [0.2, 0.25) is 11.7 Å². The molecule has 5 nitrogen and oxygen atoms in total. The molecule has 0 bridgehead atoms. The lowest BCUT2D eigenvalue weighted by molar-refractivity contribution is -0.151. The Labute approximate surface area is 175 Å². The topological polar surface area (TPSA) is 74.7 Å². The van der Waals surface area contributed by atoms with Crippen LogP contribution < -0.4 is 0 Å². The number of fused-ring (bicyclic) bond motifs is 1. The molecule has 1 N–H and O–H groups in total. The SMILES string of the molecule is O=C(O)C(=O)CC(=O)N(CCc1ccc(F)cc1)Cc1csc2ccc(Cl)cc12. The maximum Gasteiger partial charge on any atom is 0.372 e. The van der Waals surface area contributed by atoms with Gasteiger partial charge in [-0.3, -0.25) is 9.59 Å². The van der Waals surface area contributed by atoms with Gasteiger partial charge in [-0.25, -0.2) is 9.18 Å². The Morgan fingerprint density at radius 3 is 2.52 bits per heavy atom. The molecule has 0 aliphatic heterocycles. The van der Waals surface area contributed by atoms with Crippen LogP contribution in [0.3, 0.4) is 0 Å². The van der Waals surface area contributed by atoms with E-state index >= 15 is 0 Å². The number of thiophene rings is 1. The molecule has 29 heavy (non-hydrogen) atoms. The highest BCUT2D eigenvalue weighted by Gasteiger charge is 2.22. The Morgan fingerprint density at radius 2 is 1.83 bits per heavy atom. The second-order valence-electron chi connectivity index (χ2n) is 6.50. The van der Waals surface area contributed by atoms with Crippen molar-refractivity contribution in [3.63, 3.8) is 0 Å². The number of Topliss-reactive ketones (excluding diaryl/α,β-unsaturated/α-hetero) is 1. The van der Waals surface area contributed by atoms with Gasteiger partial charge in [0.25, 0.3) is 0 Å². The molecule has 0 aliphatic rings. The van der Waals surface area contributed by atoms with Crippen molar-refractivity contribution in [2.75, 3.05) is 6.54 Å². The van der Waals surface area contributed by atoms with Gasteiger partial charge < -0.3 is 10.0 Å². The number of amides is 1. The zero-order valence-corrected chi connectivity index (χ0v) is 16.8. The fourth-order valence-corrected chi connectivity index (χ4v) is 4.02. The third-order valence-electron chi connectivity index (χ3n) is 4.46. The molecular formula is C21H17ClFNO4S. The zero-order chi connectivity index (χ0) is 21.0. The number of aliphatic carboxylic acids is 1. The molecule has 150 valence electrons. The largest absolute Gasteiger partial charge is 0.475 e. The summed E-state index contributed by atoms with van der Waals surface area (Å²) in [6.07, 6.45) is -0.266. The molecule has 0 radical (unpaired) electrons. The first-order valence-electron chi connectivity index (χ1n) is 8.77. The second kappa shape index (κ2) is 9.15. The number of halogens is 2. The number of hydrogen-bond donors (Lipinski definition) is 1. The van der Waals surface area contributed by atoms with Crippen molar-refractivity contribution in [2.45, 2.75) is 19.4 Å². The number of nitrogens with zero attached hydrogens (tertiary/aromatic N) is 1. The number of rotatable bonds is 8. The minimum Gasteiger partial charge on any atom is -0.475 e. The lowest BCUT2D eigenvalue weighted by Crippen LogP contribution is -2.35. The Hall–Kier alpha value is -2.77. The number of hydrogen-bond acceptors (Lipinski definition) is 4. The Morgan fingerprint density at radius 1 is 1.10 bits per heavy atom. The van der Waals surface area contributed by atoms with Crippen molar-refractivity contribution < 1.29 is 23.9 Å². The lowest BCUT2D eigenvalue weighted by Gasteiger charge is -2.22. The van der Waals surface area contributed by atoms with Crippen LogP contribution in [0, 0.1) is 5.82 Å². The average Bonchev–Trinajstić information content (AvgIpc) is 3.08. The summed E-state index contributed by atoms with van der Waals surface area (Å²) in [6, 6.07) is 11.4. The van der Waals surface area contributed by atoms with Crippen LogP contribution in [-0.2, 0) is 27.3 Å². The zero-order valence-electron chi connectivity index (χ0n) is 15.2. The Balaban J connectivity index is 1.81. The summed E-state index contributed by atoms with van der Waals surface area (Å²) in [6.45, 7) is 0.475. The van der Waals surface area contributed by atoms with E-state index in [2.05, 4.69) is 0 Å². The van der Waals surface area contributed by atoms with Crippen LogP contribution in [0.1, 0.15) is 17.5 Å². The first-order chi connectivity index (χ1) is 13.8. The molecule has 2 aromatic carbocycles. The van der Waals surface area contributed by atoms with E-state index in [0.29, 0.717) is 11.4 Å². The first kappa shape index (κ1) is 21.0. The van der Waals surface area contributed by atoms with Gasteiger partial charge in [0.15, 0.2) is 0 Å². The maximum atomic E-state index is 13.1. The van der Waals surface area contributed by atoms with Crippen LogP contribution >= 0.6 is 22.9 Å². The fourth-order valence-electron chi connectivity index (χ4n) is 2.91. The molecular weight excluding hydrogens is 417 g/mol. The molecule has 8 heteroatoms. The Bertz CT molecular complexity index is 1060. The summed E-state index contributed by atoms with van der Waals surface area (Å²) in [5.41, 5.74) is 1.69. The van der Waals surface area contributed by atoms with Crippen LogP contribution in [0.15, 0.2) is 47.8 Å². The van der Waals surface area contributed by atoms with Gasteiger partial charge in [-0.1, -0.05) is 23.7 Å². The van der Waals surface area contributed by atoms with Crippen molar-refractivity contribution in [2.24, 2.45) is 0 Å². The molecule has 3 aromatic rings. The molecule has 1 aromatic heterocycles. The third-order valence-corrected chi connectivity index (χ3v) is 5.71. The van der Waals surface area contributed by atoms with E-state index in [9.17, 15) is 18.8 Å². The normalized spacial score (nSPS) is 10.8. The highest BCUT2D eigenvalue weighted by Crippen LogP contribution is 2.29. The van der Waals surface area contributed by atoms with Crippen molar-refractivity contribution in [1.82, 2.24) is 4.90 Å². The molecule has 0 saturated carbocycles. The van der Waals surface area contributed by atoms with Gasteiger partial charge in [-0.15, -0.1) is 11.3 Å². The van der Waals surface area contributed by atoms with E-state index in [1.54, 1.807) is 18.2 Å². The summed E-state index contributed by atoms with van der Waals surface area (Å²) < 4.78 is 14.1. The molecule has 0 fully saturated rings. The standard InChI is InChI=1S/C21H17ClFNO4S/c22-15-3-6-19-17(9-15)14(12-29-19)11-24(20(26)10-18(25)21(27)28)8-7-13-1-4-16(23)5-2-13/h1-6,9,12H,7-8,10-11H2,(H,27,28). The highest BCUT2D eigenvalue weighted by atomic mass is 35.5. The number of carbonyl (C=O) groups excluding carboxylic acids is 2. The summed E-state index contributed by atoms with van der Waals surface area (Å²) in [4.78, 5) is 36.4. The van der Waals surface area contributed by atoms with Crippen LogP contribution in [0.2, 0.25) is 5.02 Å². The molecule has 0 unspecified atom stereocenters. The van der Waals surface area contributed by atoms with Gasteiger partial charge >= 0.3 is 5.97 Å². The van der Waals surface area contributed by atoms with Crippen LogP contribution in [0.5, 0.6) is 0 Å². The van der Waals surface area contributed by atoms with Crippen molar-refractivity contribution in [1.29, 1.82) is 0 Å². The highest BCUT2D eigenvalue weighted by molar-refractivity contribution is 7.17. The van der Waals surface area contributed by atoms with Crippen LogP contribution in [-0.4, -0.2) is 34.2 Å². The number of benzene rings is 2. The monoisotopic (exact) mass is 433 g/mol. The number of carboxylic acid groups (broad SMARTS) is 1. The third kappa shape index (κ3) is 5.40. The van der Waals surface area contributed by atoms with Gasteiger partial charge in [0, 0.05) is 22.8 Å². The summed E-state index contributed by atoms with van der Waals surface area (Å²) in [5, 5.41) is 12.2. The Kier molecular flexibility index (Phi) is 6.61. The number of carbonyl (C=O) groups is 3.